The van der Waals surface area contributed by atoms with Crippen LogP contribution in [0.15, 0.2) is 52.7 Å². The van der Waals surface area contributed by atoms with E-state index in [1.807, 2.05) is 26.0 Å². The van der Waals surface area contributed by atoms with E-state index in [1.165, 1.54) is 0 Å². The van der Waals surface area contributed by atoms with Crippen molar-refractivity contribution in [2.24, 2.45) is 10.2 Å². The van der Waals surface area contributed by atoms with Gasteiger partial charge in [-0.25, -0.2) is 0 Å². The summed E-state index contributed by atoms with van der Waals surface area (Å²) in [4.78, 5) is 0. The van der Waals surface area contributed by atoms with E-state index in [-0.39, 0.29) is 19.8 Å². The monoisotopic (exact) mass is 314 g/mol. The Morgan fingerprint density at radius 1 is 0.739 bits per heavy atom. The molecule has 0 aliphatic heterocycles. The summed E-state index contributed by atoms with van der Waals surface area (Å²) >= 11 is 0. The van der Waals surface area contributed by atoms with Crippen LogP contribution in [-0.4, -0.2) is 35.1 Å². The lowest BCUT2D eigenvalue weighted by Gasteiger charge is -2.27. The maximum atomic E-state index is 9.44. The Balaban J connectivity index is 2.21. The van der Waals surface area contributed by atoms with Gasteiger partial charge in [-0.2, -0.15) is 10.2 Å². The van der Waals surface area contributed by atoms with E-state index in [0.29, 0.717) is 11.3 Å². The Morgan fingerprint density at radius 2 is 1.22 bits per heavy atom. The second-order valence-electron chi connectivity index (χ2n) is 5.85. The van der Waals surface area contributed by atoms with Gasteiger partial charge in [-0.1, -0.05) is 18.2 Å². The molecule has 2 rings (SSSR count). The van der Waals surface area contributed by atoms with Crippen LogP contribution in [0.3, 0.4) is 0 Å². The summed E-state index contributed by atoms with van der Waals surface area (Å²) in [5.74, 6) is 0. The fraction of sp³-hybridized carbons (Fsp3) is 0.333. The molecule has 0 spiro atoms. The van der Waals surface area contributed by atoms with Gasteiger partial charge in [0.1, 0.15) is 0 Å². The molecule has 0 heterocycles. The SMILES string of the molecule is Cc1cc(C)cc(N=Nc2ccc(C(CO)(CO)CO)cc2)c1. The molecule has 0 saturated carbocycles. The van der Waals surface area contributed by atoms with Crippen LogP contribution in [0.25, 0.3) is 0 Å². The topological polar surface area (TPSA) is 85.4 Å². The highest BCUT2D eigenvalue weighted by Gasteiger charge is 2.30. The molecule has 0 saturated heterocycles. The van der Waals surface area contributed by atoms with Gasteiger partial charge in [0, 0.05) is 0 Å². The minimum Gasteiger partial charge on any atom is -0.395 e. The minimum absolute atomic E-state index is 0.330. The van der Waals surface area contributed by atoms with Crippen LogP contribution in [0.2, 0.25) is 0 Å². The highest BCUT2D eigenvalue weighted by atomic mass is 16.3. The molecule has 0 unspecified atom stereocenters. The zero-order chi connectivity index (χ0) is 16.9. The van der Waals surface area contributed by atoms with Crippen molar-refractivity contribution in [2.45, 2.75) is 19.3 Å². The minimum atomic E-state index is -1.04. The average molecular weight is 314 g/mol. The van der Waals surface area contributed by atoms with E-state index >= 15 is 0 Å². The number of hydrogen-bond donors (Lipinski definition) is 3. The molecule has 0 bridgehead atoms. The normalized spacial score (nSPS) is 12.0. The summed E-state index contributed by atoms with van der Waals surface area (Å²) in [6, 6.07) is 13.0. The first-order chi connectivity index (χ1) is 11.0. The maximum absolute atomic E-state index is 9.44. The number of aryl methyl sites for hydroxylation is 2. The lowest BCUT2D eigenvalue weighted by Crippen LogP contribution is -2.38. The molecule has 3 N–H and O–H groups in total. The Hall–Kier alpha value is -2.08. The van der Waals surface area contributed by atoms with Crippen molar-refractivity contribution in [1.82, 2.24) is 0 Å². The Labute approximate surface area is 136 Å². The smallest absolute Gasteiger partial charge is 0.0862 e. The van der Waals surface area contributed by atoms with E-state index in [4.69, 9.17) is 0 Å². The van der Waals surface area contributed by atoms with Crippen LogP contribution < -0.4 is 0 Å². The quantitative estimate of drug-likeness (QED) is 0.717. The zero-order valence-electron chi connectivity index (χ0n) is 13.4. The molecule has 122 valence electrons. The molecule has 2 aromatic rings. The second-order valence-corrected chi connectivity index (χ2v) is 5.85. The Morgan fingerprint density at radius 3 is 1.70 bits per heavy atom. The first-order valence-corrected chi connectivity index (χ1v) is 7.46. The van der Waals surface area contributed by atoms with Crippen molar-refractivity contribution < 1.29 is 15.3 Å². The highest BCUT2D eigenvalue weighted by Crippen LogP contribution is 2.26. The summed E-state index contributed by atoms with van der Waals surface area (Å²) in [6.45, 7) is 3.04. The molecule has 0 radical (unpaired) electrons. The molecular formula is C18H22N2O3. The van der Waals surface area contributed by atoms with Crippen molar-refractivity contribution >= 4 is 11.4 Å². The standard InChI is InChI=1S/C18H22N2O3/c1-13-7-14(2)9-17(8-13)20-19-16-5-3-15(4-6-16)18(10-21,11-22)12-23/h3-9,21-23H,10-12H2,1-2H3. The van der Waals surface area contributed by atoms with Crippen molar-refractivity contribution in [3.05, 3.63) is 59.2 Å². The number of azo groups is 1. The predicted octanol–water partition coefficient (Wildman–Crippen LogP) is 2.93. The predicted molar refractivity (Wildman–Crippen MR) is 89.5 cm³/mol. The van der Waals surface area contributed by atoms with Gasteiger partial charge < -0.3 is 15.3 Å². The van der Waals surface area contributed by atoms with E-state index in [0.717, 1.165) is 16.8 Å². The van der Waals surface area contributed by atoms with Crippen LogP contribution >= 0.6 is 0 Å². The third-order valence-corrected chi connectivity index (χ3v) is 3.88. The molecule has 0 aromatic heterocycles. The lowest BCUT2D eigenvalue weighted by atomic mass is 9.83. The second kappa shape index (κ2) is 7.46. The van der Waals surface area contributed by atoms with Crippen LogP contribution in [0.4, 0.5) is 11.4 Å². The number of rotatable bonds is 6. The van der Waals surface area contributed by atoms with Gasteiger partial charge in [-0.3, -0.25) is 0 Å². The maximum Gasteiger partial charge on any atom is 0.0862 e. The van der Waals surface area contributed by atoms with Crippen LogP contribution in [-0.2, 0) is 5.41 Å². The van der Waals surface area contributed by atoms with Gasteiger partial charge in [0.25, 0.3) is 0 Å². The third kappa shape index (κ3) is 4.01. The Bertz CT molecular complexity index is 649. The number of benzene rings is 2. The molecule has 0 aliphatic carbocycles. The van der Waals surface area contributed by atoms with Crippen molar-refractivity contribution in [1.29, 1.82) is 0 Å². The summed E-state index contributed by atoms with van der Waals surface area (Å²) in [5.41, 5.74) is 3.34. The fourth-order valence-corrected chi connectivity index (χ4v) is 2.43. The van der Waals surface area contributed by atoms with Gasteiger partial charge in [0.15, 0.2) is 0 Å². The first-order valence-electron chi connectivity index (χ1n) is 7.46. The fourth-order valence-electron chi connectivity index (χ4n) is 2.43. The zero-order valence-corrected chi connectivity index (χ0v) is 13.4. The lowest BCUT2D eigenvalue weighted by molar-refractivity contribution is 0.0641. The Kier molecular flexibility index (Phi) is 5.60. The van der Waals surface area contributed by atoms with Gasteiger partial charge in [0.2, 0.25) is 0 Å². The van der Waals surface area contributed by atoms with Crippen molar-refractivity contribution in [3.8, 4) is 0 Å². The molecule has 0 amide bonds. The first kappa shape index (κ1) is 17.3. The van der Waals surface area contributed by atoms with E-state index in [1.54, 1.807) is 24.3 Å². The summed E-state index contributed by atoms with van der Waals surface area (Å²) in [5, 5.41) is 36.7. The van der Waals surface area contributed by atoms with E-state index in [2.05, 4.69) is 16.3 Å². The molecule has 0 atom stereocenters. The summed E-state index contributed by atoms with van der Waals surface area (Å²) < 4.78 is 0. The summed E-state index contributed by atoms with van der Waals surface area (Å²) in [7, 11) is 0. The molecule has 2 aromatic carbocycles. The summed E-state index contributed by atoms with van der Waals surface area (Å²) in [6.07, 6.45) is 0. The average Bonchev–Trinajstić information content (AvgIpc) is 2.55. The van der Waals surface area contributed by atoms with Gasteiger partial charge in [0.05, 0.1) is 36.6 Å². The number of aliphatic hydroxyl groups excluding tert-OH is 3. The van der Waals surface area contributed by atoms with Crippen LogP contribution in [0, 0.1) is 13.8 Å². The van der Waals surface area contributed by atoms with Crippen molar-refractivity contribution in [2.75, 3.05) is 19.8 Å². The van der Waals surface area contributed by atoms with Gasteiger partial charge >= 0.3 is 0 Å². The molecular weight excluding hydrogens is 292 g/mol. The highest BCUT2D eigenvalue weighted by molar-refractivity contribution is 5.45. The van der Waals surface area contributed by atoms with Gasteiger partial charge in [-0.05, 0) is 54.8 Å². The molecule has 0 fully saturated rings. The molecule has 5 heteroatoms. The number of aliphatic hydroxyl groups is 3. The largest absolute Gasteiger partial charge is 0.395 e. The number of nitrogens with zero attached hydrogens (tertiary/aromatic N) is 2. The molecule has 5 nitrogen and oxygen atoms in total. The van der Waals surface area contributed by atoms with Crippen molar-refractivity contribution in [3.63, 3.8) is 0 Å². The molecule has 23 heavy (non-hydrogen) atoms. The molecule has 0 aliphatic rings. The number of hydrogen-bond acceptors (Lipinski definition) is 5. The van der Waals surface area contributed by atoms with E-state index in [9.17, 15) is 15.3 Å². The van der Waals surface area contributed by atoms with Gasteiger partial charge in [-0.15, -0.1) is 0 Å². The third-order valence-electron chi connectivity index (χ3n) is 3.88. The van der Waals surface area contributed by atoms with Crippen LogP contribution in [0.1, 0.15) is 16.7 Å². The van der Waals surface area contributed by atoms with Crippen LogP contribution in [0.5, 0.6) is 0 Å². The van der Waals surface area contributed by atoms with E-state index < -0.39 is 5.41 Å².